The molecule has 0 bridgehead atoms. The molecule has 20 heavy (non-hydrogen) atoms. The minimum atomic E-state index is -0.233. The predicted molar refractivity (Wildman–Crippen MR) is 77.4 cm³/mol. The summed E-state index contributed by atoms with van der Waals surface area (Å²) >= 11 is 0. The van der Waals surface area contributed by atoms with Crippen molar-refractivity contribution in [3.63, 3.8) is 0 Å². The average molecular weight is 271 g/mol. The van der Waals surface area contributed by atoms with Crippen molar-refractivity contribution in [3.05, 3.63) is 64.5 Å². The first-order valence-electron chi connectivity index (χ1n) is 6.92. The lowest BCUT2D eigenvalue weighted by Crippen LogP contribution is -2.15. The summed E-state index contributed by atoms with van der Waals surface area (Å²) in [4.78, 5) is 0. The molecule has 0 saturated carbocycles. The second kappa shape index (κ2) is 5.25. The summed E-state index contributed by atoms with van der Waals surface area (Å²) in [6.45, 7) is 2.68. The van der Waals surface area contributed by atoms with Gasteiger partial charge in [0, 0.05) is 0 Å². The largest absolute Gasteiger partial charge is 0.493 e. The van der Waals surface area contributed by atoms with Gasteiger partial charge in [-0.05, 0) is 60.2 Å². The standard InChI is InChI=1S/C17H18FNO/c1-11-9-14(18)5-6-15(11)17(19)13-4-7-16-12(10-13)3-2-8-20-16/h4-7,9-10,17H,2-3,8,19H2,1H3. The highest BCUT2D eigenvalue weighted by Crippen LogP contribution is 2.30. The minimum Gasteiger partial charge on any atom is -0.493 e. The summed E-state index contributed by atoms with van der Waals surface area (Å²) in [7, 11) is 0. The van der Waals surface area contributed by atoms with E-state index in [1.165, 1.54) is 17.7 Å². The van der Waals surface area contributed by atoms with E-state index in [9.17, 15) is 4.39 Å². The van der Waals surface area contributed by atoms with E-state index in [0.29, 0.717) is 0 Å². The van der Waals surface area contributed by atoms with Gasteiger partial charge in [0.05, 0.1) is 12.6 Å². The summed E-state index contributed by atoms with van der Waals surface area (Å²) in [5.41, 5.74) is 10.4. The molecule has 104 valence electrons. The van der Waals surface area contributed by atoms with Crippen molar-refractivity contribution in [1.82, 2.24) is 0 Å². The molecule has 0 aliphatic carbocycles. The summed E-state index contributed by atoms with van der Waals surface area (Å²) in [6, 6.07) is 10.6. The van der Waals surface area contributed by atoms with Crippen molar-refractivity contribution < 1.29 is 9.13 Å². The number of hydrogen-bond donors (Lipinski definition) is 1. The van der Waals surface area contributed by atoms with Crippen LogP contribution >= 0.6 is 0 Å². The lowest BCUT2D eigenvalue weighted by Gasteiger charge is -2.21. The highest BCUT2D eigenvalue weighted by Gasteiger charge is 2.16. The van der Waals surface area contributed by atoms with Crippen LogP contribution in [0.3, 0.4) is 0 Å². The van der Waals surface area contributed by atoms with Gasteiger partial charge in [-0.3, -0.25) is 0 Å². The zero-order valence-electron chi connectivity index (χ0n) is 11.5. The zero-order valence-corrected chi connectivity index (χ0v) is 11.5. The van der Waals surface area contributed by atoms with E-state index >= 15 is 0 Å². The molecule has 1 unspecified atom stereocenters. The van der Waals surface area contributed by atoms with Gasteiger partial charge in [-0.2, -0.15) is 0 Å². The number of halogens is 1. The fourth-order valence-corrected chi connectivity index (χ4v) is 2.74. The van der Waals surface area contributed by atoms with E-state index in [-0.39, 0.29) is 11.9 Å². The van der Waals surface area contributed by atoms with Gasteiger partial charge in [-0.15, -0.1) is 0 Å². The Labute approximate surface area is 118 Å². The molecule has 2 aromatic carbocycles. The first kappa shape index (κ1) is 13.1. The highest BCUT2D eigenvalue weighted by atomic mass is 19.1. The monoisotopic (exact) mass is 271 g/mol. The topological polar surface area (TPSA) is 35.2 Å². The third-order valence-corrected chi connectivity index (χ3v) is 3.86. The van der Waals surface area contributed by atoms with Crippen molar-refractivity contribution >= 4 is 0 Å². The zero-order chi connectivity index (χ0) is 14.1. The maximum atomic E-state index is 13.2. The van der Waals surface area contributed by atoms with Crippen LogP contribution in [-0.2, 0) is 6.42 Å². The van der Waals surface area contributed by atoms with Crippen molar-refractivity contribution in [2.75, 3.05) is 6.61 Å². The maximum absolute atomic E-state index is 13.2. The van der Waals surface area contributed by atoms with Crippen LogP contribution < -0.4 is 10.5 Å². The molecule has 2 nitrogen and oxygen atoms in total. The second-order valence-corrected chi connectivity index (χ2v) is 5.30. The fraction of sp³-hybridized carbons (Fsp3) is 0.294. The molecule has 0 radical (unpaired) electrons. The Morgan fingerprint density at radius 3 is 2.85 bits per heavy atom. The second-order valence-electron chi connectivity index (χ2n) is 5.30. The molecule has 2 aromatic rings. The van der Waals surface area contributed by atoms with Crippen LogP contribution in [0.5, 0.6) is 5.75 Å². The van der Waals surface area contributed by atoms with Gasteiger partial charge in [0.15, 0.2) is 0 Å². The van der Waals surface area contributed by atoms with Gasteiger partial charge >= 0.3 is 0 Å². The van der Waals surface area contributed by atoms with Gasteiger partial charge in [-0.1, -0.05) is 18.2 Å². The first-order valence-corrected chi connectivity index (χ1v) is 6.92. The van der Waals surface area contributed by atoms with Crippen molar-refractivity contribution in [3.8, 4) is 5.75 Å². The number of hydrogen-bond acceptors (Lipinski definition) is 2. The summed E-state index contributed by atoms with van der Waals surface area (Å²) in [5, 5.41) is 0. The maximum Gasteiger partial charge on any atom is 0.123 e. The number of fused-ring (bicyclic) bond motifs is 1. The Bertz CT molecular complexity index is 639. The Morgan fingerprint density at radius 2 is 2.05 bits per heavy atom. The van der Waals surface area contributed by atoms with Crippen molar-refractivity contribution in [2.45, 2.75) is 25.8 Å². The molecule has 1 aliphatic heterocycles. The Balaban J connectivity index is 1.95. The molecule has 1 aliphatic rings. The van der Waals surface area contributed by atoms with E-state index in [1.54, 1.807) is 6.07 Å². The van der Waals surface area contributed by atoms with E-state index in [4.69, 9.17) is 10.5 Å². The van der Waals surface area contributed by atoms with Gasteiger partial charge < -0.3 is 10.5 Å². The van der Waals surface area contributed by atoms with Gasteiger partial charge in [0.1, 0.15) is 11.6 Å². The number of benzene rings is 2. The van der Waals surface area contributed by atoms with Crippen LogP contribution in [0.15, 0.2) is 36.4 Å². The predicted octanol–water partition coefficient (Wildman–Crippen LogP) is 3.51. The van der Waals surface area contributed by atoms with Crippen LogP contribution in [0.4, 0.5) is 4.39 Å². The normalized spacial score (nSPS) is 15.3. The lowest BCUT2D eigenvalue weighted by molar-refractivity contribution is 0.288. The molecular formula is C17H18FNO. The molecule has 2 N–H and O–H groups in total. The number of nitrogens with two attached hydrogens (primary N) is 1. The van der Waals surface area contributed by atoms with Crippen LogP contribution in [0, 0.1) is 12.7 Å². The summed E-state index contributed by atoms with van der Waals surface area (Å²) in [6.07, 6.45) is 2.07. The fourth-order valence-electron chi connectivity index (χ4n) is 2.74. The molecule has 0 fully saturated rings. The quantitative estimate of drug-likeness (QED) is 0.907. The van der Waals surface area contributed by atoms with Crippen molar-refractivity contribution in [1.29, 1.82) is 0 Å². The van der Waals surface area contributed by atoms with E-state index in [0.717, 1.165) is 41.9 Å². The summed E-state index contributed by atoms with van der Waals surface area (Å²) in [5.74, 6) is 0.736. The number of ether oxygens (including phenoxy) is 1. The molecule has 0 amide bonds. The average Bonchev–Trinajstić information content (AvgIpc) is 2.46. The lowest BCUT2D eigenvalue weighted by atomic mass is 9.93. The van der Waals surface area contributed by atoms with Crippen LogP contribution in [0.1, 0.15) is 34.7 Å². The van der Waals surface area contributed by atoms with Gasteiger partial charge in [0.25, 0.3) is 0 Å². The number of aryl methyl sites for hydroxylation is 2. The summed E-state index contributed by atoms with van der Waals surface area (Å²) < 4.78 is 18.8. The molecule has 1 heterocycles. The Morgan fingerprint density at radius 1 is 1.20 bits per heavy atom. The van der Waals surface area contributed by atoms with E-state index in [2.05, 4.69) is 6.07 Å². The van der Waals surface area contributed by atoms with Crippen LogP contribution in [-0.4, -0.2) is 6.61 Å². The Kier molecular flexibility index (Phi) is 3.45. The highest BCUT2D eigenvalue weighted by molar-refractivity contribution is 5.43. The third kappa shape index (κ3) is 2.41. The molecule has 0 saturated heterocycles. The molecular weight excluding hydrogens is 253 g/mol. The van der Waals surface area contributed by atoms with Gasteiger partial charge in [0.2, 0.25) is 0 Å². The minimum absolute atomic E-state index is 0.225. The Hall–Kier alpha value is -1.87. The molecule has 3 heteroatoms. The molecule has 0 spiro atoms. The smallest absolute Gasteiger partial charge is 0.123 e. The first-order chi connectivity index (χ1) is 9.65. The van der Waals surface area contributed by atoms with E-state index < -0.39 is 0 Å². The van der Waals surface area contributed by atoms with E-state index in [1.807, 2.05) is 19.1 Å². The third-order valence-electron chi connectivity index (χ3n) is 3.86. The molecule has 0 aromatic heterocycles. The van der Waals surface area contributed by atoms with Crippen LogP contribution in [0.2, 0.25) is 0 Å². The number of rotatable bonds is 2. The molecule has 1 atom stereocenters. The van der Waals surface area contributed by atoms with Crippen molar-refractivity contribution in [2.24, 2.45) is 5.73 Å². The van der Waals surface area contributed by atoms with Crippen LogP contribution in [0.25, 0.3) is 0 Å². The SMILES string of the molecule is Cc1cc(F)ccc1C(N)c1ccc2c(c1)CCCO2. The molecule has 3 rings (SSSR count). The van der Waals surface area contributed by atoms with Gasteiger partial charge in [-0.25, -0.2) is 4.39 Å².